The number of nitrogens with one attached hydrogen (secondary N) is 1. The SMILES string of the molecule is N#Cc1cccc(CCNC2CC2)c1. The van der Waals surface area contributed by atoms with Gasteiger partial charge in [-0.3, -0.25) is 0 Å². The van der Waals surface area contributed by atoms with E-state index in [1.165, 1.54) is 18.4 Å². The molecule has 1 aliphatic rings. The molecule has 72 valence electrons. The van der Waals surface area contributed by atoms with Gasteiger partial charge in [-0.15, -0.1) is 0 Å². The quantitative estimate of drug-likeness (QED) is 0.779. The maximum Gasteiger partial charge on any atom is 0.0991 e. The Hall–Kier alpha value is -1.33. The third-order valence-corrected chi connectivity index (χ3v) is 2.48. The second kappa shape index (κ2) is 4.26. The van der Waals surface area contributed by atoms with Crippen LogP contribution in [0.4, 0.5) is 0 Å². The van der Waals surface area contributed by atoms with Crippen LogP contribution in [-0.4, -0.2) is 12.6 Å². The third-order valence-electron chi connectivity index (χ3n) is 2.48. The summed E-state index contributed by atoms with van der Waals surface area (Å²) in [5.74, 6) is 0. The van der Waals surface area contributed by atoms with Crippen molar-refractivity contribution in [1.82, 2.24) is 5.32 Å². The molecule has 14 heavy (non-hydrogen) atoms. The molecule has 2 rings (SSSR count). The zero-order chi connectivity index (χ0) is 9.80. The average Bonchev–Trinajstić information content (AvgIpc) is 3.02. The van der Waals surface area contributed by atoms with Crippen LogP contribution in [0.3, 0.4) is 0 Å². The van der Waals surface area contributed by atoms with E-state index in [9.17, 15) is 0 Å². The molecule has 2 nitrogen and oxygen atoms in total. The Kier molecular flexibility index (Phi) is 2.81. The van der Waals surface area contributed by atoms with Crippen molar-refractivity contribution in [2.24, 2.45) is 0 Å². The van der Waals surface area contributed by atoms with Crippen molar-refractivity contribution in [3.05, 3.63) is 35.4 Å². The maximum atomic E-state index is 8.72. The van der Waals surface area contributed by atoms with E-state index in [1.807, 2.05) is 18.2 Å². The Morgan fingerprint density at radius 3 is 3.00 bits per heavy atom. The van der Waals surface area contributed by atoms with Crippen molar-refractivity contribution < 1.29 is 0 Å². The van der Waals surface area contributed by atoms with Crippen LogP contribution in [0.5, 0.6) is 0 Å². The topological polar surface area (TPSA) is 35.8 Å². The molecule has 1 aliphatic carbocycles. The van der Waals surface area contributed by atoms with Gasteiger partial charge in [0.25, 0.3) is 0 Å². The summed E-state index contributed by atoms with van der Waals surface area (Å²) >= 11 is 0. The van der Waals surface area contributed by atoms with E-state index in [0.717, 1.165) is 24.6 Å². The highest BCUT2D eigenvalue weighted by Gasteiger charge is 2.19. The van der Waals surface area contributed by atoms with Gasteiger partial charge in [0.1, 0.15) is 0 Å². The molecule has 2 heteroatoms. The second-order valence-corrected chi connectivity index (χ2v) is 3.79. The summed E-state index contributed by atoms with van der Waals surface area (Å²) < 4.78 is 0. The Morgan fingerprint density at radius 2 is 2.29 bits per heavy atom. The summed E-state index contributed by atoms with van der Waals surface area (Å²) in [6.07, 6.45) is 3.68. The molecular formula is C12H14N2. The van der Waals surface area contributed by atoms with Crippen LogP contribution in [0.1, 0.15) is 24.0 Å². The number of hydrogen-bond acceptors (Lipinski definition) is 2. The van der Waals surface area contributed by atoms with Crippen molar-refractivity contribution in [2.45, 2.75) is 25.3 Å². The molecule has 0 heterocycles. The molecule has 0 unspecified atom stereocenters. The zero-order valence-corrected chi connectivity index (χ0v) is 8.16. The normalized spacial score (nSPS) is 15.1. The van der Waals surface area contributed by atoms with Crippen molar-refractivity contribution in [1.29, 1.82) is 5.26 Å². The van der Waals surface area contributed by atoms with Gasteiger partial charge in [0.2, 0.25) is 0 Å². The first-order valence-electron chi connectivity index (χ1n) is 5.11. The van der Waals surface area contributed by atoms with Crippen LogP contribution in [0.2, 0.25) is 0 Å². The summed E-state index contributed by atoms with van der Waals surface area (Å²) in [4.78, 5) is 0. The first-order valence-corrected chi connectivity index (χ1v) is 5.11. The molecule has 0 aliphatic heterocycles. The molecular weight excluding hydrogens is 172 g/mol. The minimum atomic E-state index is 0.758. The van der Waals surface area contributed by atoms with E-state index < -0.39 is 0 Å². The van der Waals surface area contributed by atoms with Crippen LogP contribution in [0.15, 0.2) is 24.3 Å². The molecule has 1 N–H and O–H groups in total. The predicted molar refractivity (Wildman–Crippen MR) is 55.9 cm³/mol. The van der Waals surface area contributed by atoms with E-state index in [1.54, 1.807) is 0 Å². The van der Waals surface area contributed by atoms with Crippen molar-refractivity contribution in [2.75, 3.05) is 6.54 Å². The molecule has 1 aromatic carbocycles. The zero-order valence-electron chi connectivity index (χ0n) is 8.16. The van der Waals surface area contributed by atoms with Crippen LogP contribution in [-0.2, 0) is 6.42 Å². The lowest BCUT2D eigenvalue weighted by molar-refractivity contribution is 0.682. The van der Waals surface area contributed by atoms with Gasteiger partial charge in [0.05, 0.1) is 11.6 Å². The molecule has 1 aromatic rings. The Balaban J connectivity index is 1.85. The lowest BCUT2D eigenvalue weighted by Gasteiger charge is -2.02. The summed E-state index contributed by atoms with van der Waals surface area (Å²) in [6, 6.07) is 10.8. The molecule has 1 saturated carbocycles. The minimum Gasteiger partial charge on any atom is -0.314 e. The van der Waals surface area contributed by atoms with Gasteiger partial charge in [-0.25, -0.2) is 0 Å². The minimum absolute atomic E-state index is 0.758. The predicted octanol–water partition coefficient (Wildman–Crippen LogP) is 1.85. The van der Waals surface area contributed by atoms with Gasteiger partial charge in [-0.2, -0.15) is 5.26 Å². The van der Waals surface area contributed by atoms with Gasteiger partial charge < -0.3 is 5.32 Å². The second-order valence-electron chi connectivity index (χ2n) is 3.79. The van der Waals surface area contributed by atoms with Gasteiger partial charge in [-0.05, 0) is 43.5 Å². The highest BCUT2D eigenvalue weighted by atomic mass is 14.9. The Morgan fingerprint density at radius 1 is 1.43 bits per heavy atom. The first-order chi connectivity index (χ1) is 6.88. The number of rotatable bonds is 4. The van der Waals surface area contributed by atoms with Gasteiger partial charge in [-0.1, -0.05) is 12.1 Å². The molecule has 0 amide bonds. The molecule has 0 bridgehead atoms. The van der Waals surface area contributed by atoms with E-state index in [0.29, 0.717) is 0 Å². The van der Waals surface area contributed by atoms with Gasteiger partial charge >= 0.3 is 0 Å². The number of benzene rings is 1. The summed E-state index contributed by atoms with van der Waals surface area (Å²) in [5, 5.41) is 12.2. The van der Waals surface area contributed by atoms with Crippen LogP contribution >= 0.6 is 0 Å². The van der Waals surface area contributed by atoms with E-state index in [-0.39, 0.29) is 0 Å². The molecule has 0 saturated heterocycles. The average molecular weight is 186 g/mol. The molecule has 0 radical (unpaired) electrons. The fourth-order valence-electron chi connectivity index (χ4n) is 1.50. The fraction of sp³-hybridized carbons (Fsp3) is 0.417. The lowest BCUT2D eigenvalue weighted by atomic mass is 10.1. The van der Waals surface area contributed by atoms with E-state index >= 15 is 0 Å². The van der Waals surface area contributed by atoms with E-state index in [2.05, 4.69) is 17.5 Å². The van der Waals surface area contributed by atoms with Gasteiger partial charge in [0, 0.05) is 6.04 Å². The van der Waals surface area contributed by atoms with Crippen molar-refractivity contribution in [3.8, 4) is 6.07 Å². The van der Waals surface area contributed by atoms with Crippen molar-refractivity contribution in [3.63, 3.8) is 0 Å². The monoisotopic (exact) mass is 186 g/mol. The van der Waals surface area contributed by atoms with E-state index in [4.69, 9.17) is 5.26 Å². The smallest absolute Gasteiger partial charge is 0.0991 e. The summed E-state index contributed by atoms with van der Waals surface area (Å²) in [5.41, 5.74) is 2.01. The van der Waals surface area contributed by atoms with Crippen LogP contribution in [0.25, 0.3) is 0 Å². The highest BCUT2D eigenvalue weighted by molar-refractivity contribution is 5.32. The fourth-order valence-corrected chi connectivity index (χ4v) is 1.50. The van der Waals surface area contributed by atoms with Gasteiger partial charge in [0.15, 0.2) is 0 Å². The lowest BCUT2D eigenvalue weighted by Crippen LogP contribution is -2.19. The van der Waals surface area contributed by atoms with Crippen molar-refractivity contribution >= 4 is 0 Å². The number of nitrogens with zero attached hydrogens (tertiary/aromatic N) is 1. The van der Waals surface area contributed by atoms with Crippen LogP contribution < -0.4 is 5.32 Å². The highest BCUT2D eigenvalue weighted by Crippen LogP contribution is 2.18. The standard InChI is InChI=1S/C12H14N2/c13-9-11-3-1-2-10(8-11)6-7-14-12-4-5-12/h1-3,8,12,14H,4-7H2. The molecule has 0 spiro atoms. The Bertz CT molecular complexity index is 348. The Labute approximate surface area is 84.6 Å². The maximum absolute atomic E-state index is 8.72. The van der Waals surface area contributed by atoms with Crippen LogP contribution in [0, 0.1) is 11.3 Å². The first kappa shape index (κ1) is 9.23. The third kappa shape index (κ3) is 2.58. The number of hydrogen-bond donors (Lipinski definition) is 1. The largest absolute Gasteiger partial charge is 0.314 e. The molecule has 0 atom stereocenters. The molecule has 1 fully saturated rings. The molecule has 0 aromatic heterocycles. The summed E-state index contributed by atoms with van der Waals surface area (Å²) in [6.45, 7) is 1.03. The number of nitriles is 1. The summed E-state index contributed by atoms with van der Waals surface area (Å²) in [7, 11) is 0.